The zero-order chi connectivity index (χ0) is 14.1. The van der Waals surface area contributed by atoms with Crippen molar-refractivity contribution in [3.8, 4) is 5.75 Å². The molecule has 1 aliphatic heterocycles. The van der Waals surface area contributed by atoms with Crippen LogP contribution in [0.5, 0.6) is 5.75 Å². The van der Waals surface area contributed by atoms with Crippen LogP contribution in [0.1, 0.15) is 13.8 Å². The fraction of sp³-hybridized carbons (Fsp3) is 0.455. The number of nitro benzene ring substituents is 1. The van der Waals surface area contributed by atoms with Crippen LogP contribution < -0.4 is 4.52 Å². The third-order valence-electron chi connectivity index (χ3n) is 2.49. The molecule has 1 fully saturated rings. The summed E-state index contributed by atoms with van der Waals surface area (Å²) < 4.78 is 16.5. The molecule has 0 aromatic heterocycles. The van der Waals surface area contributed by atoms with Gasteiger partial charge in [-0.15, -0.1) is 0 Å². The first-order valence-electron chi connectivity index (χ1n) is 5.63. The molecule has 0 N–H and O–H groups in total. The van der Waals surface area contributed by atoms with Gasteiger partial charge >= 0.3 is 6.72 Å². The quantitative estimate of drug-likeness (QED) is 0.485. The predicted molar refractivity (Wildman–Crippen MR) is 73.7 cm³/mol. The molecule has 19 heavy (non-hydrogen) atoms. The number of rotatable bonds is 3. The van der Waals surface area contributed by atoms with Gasteiger partial charge in [-0.1, -0.05) is 13.8 Å². The van der Waals surface area contributed by atoms with Gasteiger partial charge in [0.1, 0.15) is 5.75 Å². The highest BCUT2D eigenvalue weighted by Crippen LogP contribution is 2.54. The first kappa shape index (κ1) is 14.4. The first-order valence-corrected chi connectivity index (χ1v) is 8.19. The van der Waals surface area contributed by atoms with Crippen LogP contribution in [0.2, 0.25) is 0 Å². The van der Waals surface area contributed by atoms with E-state index in [1.165, 1.54) is 24.3 Å². The Kier molecular flexibility index (Phi) is 3.92. The molecule has 104 valence electrons. The number of nitrogens with zero attached hydrogens (tertiary/aromatic N) is 1. The van der Waals surface area contributed by atoms with Crippen LogP contribution in [-0.4, -0.2) is 18.1 Å². The topological polar surface area (TPSA) is 70.8 Å². The maximum atomic E-state index is 10.5. The van der Waals surface area contributed by atoms with Crippen LogP contribution in [0, 0.1) is 15.5 Å². The molecule has 0 radical (unpaired) electrons. The van der Waals surface area contributed by atoms with Gasteiger partial charge in [0.15, 0.2) is 0 Å². The summed E-state index contributed by atoms with van der Waals surface area (Å²) in [6.45, 7) is 2.17. The Labute approximate surface area is 116 Å². The predicted octanol–water partition coefficient (Wildman–Crippen LogP) is 3.27. The van der Waals surface area contributed by atoms with Crippen molar-refractivity contribution in [2.75, 3.05) is 13.2 Å². The highest BCUT2D eigenvalue weighted by atomic mass is 32.5. The molecule has 1 aromatic rings. The summed E-state index contributed by atoms with van der Waals surface area (Å²) in [6, 6.07) is 5.67. The van der Waals surface area contributed by atoms with Crippen molar-refractivity contribution in [1.29, 1.82) is 0 Å². The van der Waals surface area contributed by atoms with Gasteiger partial charge in [-0.2, -0.15) is 0 Å². The molecule has 2 rings (SSSR count). The lowest BCUT2D eigenvalue weighted by molar-refractivity contribution is -0.384. The van der Waals surface area contributed by atoms with Crippen molar-refractivity contribution < 1.29 is 18.5 Å². The molecule has 0 aliphatic carbocycles. The lowest BCUT2D eigenvalue weighted by atomic mass is 9.97. The monoisotopic (exact) mass is 303 g/mol. The number of benzene rings is 1. The zero-order valence-corrected chi connectivity index (χ0v) is 12.3. The van der Waals surface area contributed by atoms with E-state index in [4.69, 9.17) is 25.4 Å². The summed E-state index contributed by atoms with van der Waals surface area (Å²) in [6.07, 6.45) is 0. The highest BCUT2D eigenvalue weighted by Gasteiger charge is 2.35. The molecule has 0 bridgehead atoms. The standard InChI is InChI=1S/C11H14NO5PS/c1-11(2)7-15-18(19,16-8-11)17-10-5-3-9(4-6-10)12(13)14/h3-6H,7-8H2,1-2H3. The van der Waals surface area contributed by atoms with E-state index in [-0.39, 0.29) is 11.1 Å². The van der Waals surface area contributed by atoms with E-state index < -0.39 is 11.6 Å². The molecule has 1 aromatic carbocycles. The van der Waals surface area contributed by atoms with E-state index in [0.717, 1.165) is 0 Å². The van der Waals surface area contributed by atoms with Crippen molar-refractivity contribution in [3.05, 3.63) is 34.4 Å². The van der Waals surface area contributed by atoms with Crippen molar-refractivity contribution in [2.45, 2.75) is 13.8 Å². The van der Waals surface area contributed by atoms with Crippen molar-refractivity contribution in [3.63, 3.8) is 0 Å². The Hall–Kier alpha value is -1.01. The van der Waals surface area contributed by atoms with Gasteiger partial charge < -0.3 is 4.52 Å². The van der Waals surface area contributed by atoms with Crippen LogP contribution >= 0.6 is 6.72 Å². The minimum Gasteiger partial charge on any atom is -0.424 e. The molecule has 0 saturated carbocycles. The second kappa shape index (κ2) is 5.17. The lowest BCUT2D eigenvalue weighted by Crippen LogP contribution is -2.30. The Morgan fingerprint density at radius 3 is 2.32 bits per heavy atom. The third kappa shape index (κ3) is 3.73. The minimum atomic E-state index is -2.79. The fourth-order valence-electron chi connectivity index (χ4n) is 1.40. The maximum Gasteiger partial charge on any atom is 0.380 e. The van der Waals surface area contributed by atoms with E-state index in [1.807, 2.05) is 13.8 Å². The van der Waals surface area contributed by atoms with Crippen molar-refractivity contribution in [1.82, 2.24) is 0 Å². The van der Waals surface area contributed by atoms with E-state index >= 15 is 0 Å². The Bertz CT molecular complexity index is 516. The molecule has 6 nitrogen and oxygen atoms in total. The highest BCUT2D eigenvalue weighted by molar-refractivity contribution is 8.07. The van der Waals surface area contributed by atoms with Crippen LogP contribution in [0.3, 0.4) is 0 Å². The number of hydrogen-bond donors (Lipinski definition) is 0. The van der Waals surface area contributed by atoms with E-state index in [2.05, 4.69) is 0 Å². The first-order chi connectivity index (χ1) is 8.80. The molecule has 0 unspecified atom stereocenters. The van der Waals surface area contributed by atoms with Gasteiger partial charge in [0, 0.05) is 29.4 Å². The van der Waals surface area contributed by atoms with Crippen LogP contribution in [0.4, 0.5) is 5.69 Å². The largest absolute Gasteiger partial charge is 0.424 e. The molecular weight excluding hydrogens is 289 g/mol. The Morgan fingerprint density at radius 2 is 1.84 bits per heavy atom. The second-order valence-electron chi connectivity index (χ2n) is 5.00. The zero-order valence-electron chi connectivity index (χ0n) is 10.6. The number of hydrogen-bond acceptors (Lipinski definition) is 6. The normalized spacial score (nSPS) is 20.7. The smallest absolute Gasteiger partial charge is 0.380 e. The second-order valence-corrected chi connectivity index (χ2v) is 7.94. The van der Waals surface area contributed by atoms with Gasteiger partial charge in [0.2, 0.25) is 0 Å². The summed E-state index contributed by atoms with van der Waals surface area (Å²) >= 11 is 5.23. The fourth-order valence-corrected chi connectivity index (χ4v) is 3.55. The van der Waals surface area contributed by atoms with Crippen LogP contribution in [0.15, 0.2) is 24.3 Å². The Morgan fingerprint density at radius 1 is 1.32 bits per heavy atom. The SMILES string of the molecule is CC1(C)COP(=S)(Oc2ccc([N+](=O)[O-])cc2)OC1. The third-order valence-corrected chi connectivity index (χ3v) is 4.67. The lowest BCUT2D eigenvalue weighted by Gasteiger charge is -2.35. The Balaban J connectivity index is 2.05. The molecular formula is C11H14NO5PS. The van der Waals surface area contributed by atoms with Gasteiger partial charge in [0.25, 0.3) is 5.69 Å². The average molecular weight is 303 g/mol. The van der Waals surface area contributed by atoms with Crippen LogP contribution in [0.25, 0.3) is 0 Å². The maximum absolute atomic E-state index is 10.5. The number of non-ortho nitro benzene ring substituents is 1. The summed E-state index contributed by atoms with van der Waals surface area (Å²) in [7, 11) is 0. The minimum absolute atomic E-state index is 0.00397. The van der Waals surface area contributed by atoms with E-state index in [9.17, 15) is 10.1 Å². The van der Waals surface area contributed by atoms with Crippen LogP contribution in [-0.2, 0) is 20.9 Å². The van der Waals surface area contributed by atoms with Gasteiger partial charge in [-0.05, 0) is 12.1 Å². The average Bonchev–Trinajstić information content (AvgIpc) is 2.34. The van der Waals surface area contributed by atoms with Gasteiger partial charge in [-0.25, -0.2) is 0 Å². The summed E-state index contributed by atoms with van der Waals surface area (Å²) in [5.41, 5.74) is -0.0862. The molecule has 0 spiro atoms. The summed E-state index contributed by atoms with van der Waals surface area (Å²) in [5, 5.41) is 10.5. The summed E-state index contributed by atoms with van der Waals surface area (Å²) in [5.74, 6) is 0.411. The van der Waals surface area contributed by atoms with E-state index in [0.29, 0.717) is 19.0 Å². The summed E-state index contributed by atoms with van der Waals surface area (Å²) in [4.78, 5) is 10.1. The van der Waals surface area contributed by atoms with Gasteiger partial charge in [0.05, 0.1) is 18.1 Å². The van der Waals surface area contributed by atoms with Crippen molar-refractivity contribution >= 4 is 24.2 Å². The molecule has 1 heterocycles. The molecule has 0 amide bonds. The van der Waals surface area contributed by atoms with Crippen molar-refractivity contribution in [2.24, 2.45) is 5.41 Å². The van der Waals surface area contributed by atoms with E-state index in [1.54, 1.807) is 0 Å². The molecule has 1 aliphatic rings. The number of nitro groups is 1. The molecule has 8 heteroatoms. The van der Waals surface area contributed by atoms with Gasteiger partial charge in [-0.3, -0.25) is 19.2 Å². The molecule has 0 atom stereocenters. The molecule has 1 saturated heterocycles.